The average molecular weight is 295 g/mol. The molecule has 2 heterocycles. The maximum atomic E-state index is 5.34. The van der Waals surface area contributed by atoms with Crippen LogP contribution in [0.25, 0.3) is 0 Å². The van der Waals surface area contributed by atoms with Crippen molar-refractivity contribution >= 4 is 17.7 Å². The topological polar surface area (TPSA) is 49.6 Å². The largest absolute Gasteiger partial charge is 0.469 e. The zero-order valence-corrected chi connectivity index (χ0v) is 13.0. The van der Waals surface area contributed by atoms with Gasteiger partial charge in [-0.15, -0.1) is 0 Å². The molecule has 0 saturated carbocycles. The van der Waals surface area contributed by atoms with E-state index >= 15 is 0 Å². The van der Waals surface area contributed by atoms with Crippen LogP contribution >= 0.6 is 11.8 Å². The Kier molecular flexibility index (Phi) is 6.84. The van der Waals surface area contributed by atoms with Crippen molar-refractivity contribution in [2.24, 2.45) is 4.99 Å². The van der Waals surface area contributed by atoms with Gasteiger partial charge in [-0.1, -0.05) is 6.92 Å². The summed E-state index contributed by atoms with van der Waals surface area (Å²) in [6.45, 7) is 3.87. The Balaban J connectivity index is 1.76. The highest BCUT2D eigenvalue weighted by Crippen LogP contribution is 2.16. The molecule has 2 rings (SSSR count). The second kappa shape index (κ2) is 8.95. The Labute approximate surface area is 125 Å². The summed E-state index contributed by atoms with van der Waals surface area (Å²) in [6.07, 6.45) is 6.23. The van der Waals surface area contributed by atoms with Crippen LogP contribution in [-0.2, 0) is 6.42 Å². The lowest BCUT2D eigenvalue weighted by Crippen LogP contribution is -2.46. The van der Waals surface area contributed by atoms with Gasteiger partial charge in [0, 0.05) is 31.3 Å². The molecule has 20 heavy (non-hydrogen) atoms. The summed E-state index contributed by atoms with van der Waals surface area (Å²) in [6, 6.07) is 4.50. The maximum Gasteiger partial charge on any atom is 0.191 e. The molecule has 5 heteroatoms. The summed E-state index contributed by atoms with van der Waals surface area (Å²) in [5.74, 6) is 4.45. The second-order valence-corrected chi connectivity index (χ2v) is 6.19. The summed E-state index contributed by atoms with van der Waals surface area (Å²) in [7, 11) is 0. The first-order valence-electron chi connectivity index (χ1n) is 7.53. The number of rotatable bonds is 6. The smallest absolute Gasteiger partial charge is 0.191 e. The van der Waals surface area contributed by atoms with Crippen LogP contribution in [0, 0.1) is 0 Å². The third-order valence-corrected chi connectivity index (χ3v) is 4.45. The number of guanidine groups is 1. The molecule has 1 atom stereocenters. The van der Waals surface area contributed by atoms with E-state index in [0.717, 1.165) is 37.7 Å². The molecule has 1 aliphatic rings. The highest BCUT2D eigenvalue weighted by atomic mass is 32.2. The highest BCUT2D eigenvalue weighted by molar-refractivity contribution is 7.99. The van der Waals surface area contributed by atoms with Crippen LogP contribution in [0.15, 0.2) is 27.8 Å². The first-order chi connectivity index (χ1) is 9.88. The van der Waals surface area contributed by atoms with Gasteiger partial charge in [0.05, 0.1) is 6.26 Å². The van der Waals surface area contributed by atoms with Crippen LogP contribution in [0.5, 0.6) is 0 Å². The summed E-state index contributed by atoms with van der Waals surface area (Å²) in [5, 5.41) is 6.97. The van der Waals surface area contributed by atoms with Crippen LogP contribution in [0.2, 0.25) is 0 Å². The predicted octanol–water partition coefficient (Wildman–Crippen LogP) is 2.66. The number of aliphatic imine (C=N–C) groups is 1. The molecule has 1 aromatic rings. The van der Waals surface area contributed by atoms with E-state index in [1.807, 2.05) is 23.9 Å². The fourth-order valence-electron chi connectivity index (χ4n) is 2.18. The molecule has 1 unspecified atom stereocenters. The number of furan rings is 1. The lowest BCUT2D eigenvalue weighted by atomic mass is 10.2. The van der Waals surface area contributed by atoms with Gasteiger partial charge in [-0.3, -0.25) is 4.99 Å². The van der Waals surface area contributed by atoms with Crippen molar-refractivity contribution in [3.63, 3.8) is 0 Å². The van der Waals surface area contributed by atoms with Crippen LogP contribution in [0.4, 0.5) is 0 Å². The molecule has 0 radical (unpaired) electrons. The Morgan fingerprint density at radius 3 is 3.20 bits per heavy atom. The molecule has 112 valence electrons. The first kappa shape index (κ1) is 15.3. The van der Waals surface area contributed by atoms with E-state index in [1.54, 1.807) is 6.26 Å². The normalized spacial score (nSPS) is 19.9. The summed E-state index contributed by atoms with van der Waals surface area (Å²) in [5.41, 5.74) is 0. The van der Waals surface area contributed by atoms with Crippen molar-refractivity contribution in [2.75, 3.05) is 24.6 Å². The number of hydrogen-bond donors (Lipinski definition) is 2. The molecule has 0 amide bonds. The third kappa shape index (κ3) is 5.49. The zero-order valence-electron chi connectivity index (χ0n) is 12.2. The van der Waals surface area contributed by atoms with E-state index in [1.165, 1.54) is 24.3 Å². The molecule has 0 aromatic carbocycles. The van der Waals surface area contributed by atoms with Gasteiger partial charge in [-0.05, 0) is 37.1 Å². The molecule has 1 fully saturated rings. The van der Waals surface area contributed by atoms with Crippen LogP contribution in [0.3, 0.4) is 0 Å². The maximum absolute atomic E-state index is 5.34. The molecule has 2 N–H and O–H groups in total. The lowest BCUT2D eigenvalue weighted by molar-refractivity contribution is 0.505. The van der Waals surface area contributed by atoms with Gasteiger partial charge in [0.25, 0.3) is 0 Å². The minimum absolute atomic E-state index is 0.556. The number of thioether (sulfide) groups is 1. The van der Waals surface area contributed by atoms with E-state index in [-0.39, 0.29) is 0 Å². The molecule has 4 nitrogen and oxygen atoms in total. The zero-order chi connectivity index (χ0) is 14.0. The van der Waals surface area contributed by atoms with Crippen LogP contribution in [-0.4, -0.2) is 36.6 Å². The van der Waals surface area contributed by atoms with Crippen molar-refractivity contribution in [1.29, 1.82) is 0 Å². The van der Waals surface area contributed by atoms with Gasteiger partial charge in [0.2, 0.25) is 0 Å². The molecule has 1 aliphatic heterocycles. The molecule has 1 saturated heterocycles. The molecular formula is C15H25N3OS. The Bertz CT molecular complexity index is 386. The highest BCUT2D eigenvalue weighted by Gasteiger charge is 2.14. The summed E-state index contributed by atoms with van der Waals surface area (Å²) in [4.78, 5) is 4.61. The van der Waals surface area contributed by atoms with E-state index in [2.05, 4.69) is 22.5 Å². The number of nitrogens with zero attached hydrogens (tertiary/aromatic N) is 1. The second-order valence-electron chi connectivity index (χ2n) is 5.04. The van der Waals surface area contributed by atoms with Gasteiger partial charge < -0.3 is 15.1 Å². The predicted molar refractivity (Wildman–Crippen MR) is 86.5 cm³/mol. The third-order valence-electron chi connectivity index (χ3n) is 3.24. The van der Waals surface area contributed by atoms with E-state index in [4.69, 9.17) is 4.42 Å². The quantitative estimate of drug-likeness (QED) is 0.626. The SMILES string of the molecule is CCCN=C(NCCc1ccco1)NC1CCCSC1. The first-order valence-corrected chi connectivity index (χ1v) is 8.69. The summed E-state index contributed by atoms with van der Waals surface area (Å²) < 4.78 is 5.34. The van der Waals surface area contributed by atoms with Gasteiger partial charge in [-0.2, -0.15) is 11.8 Å². The Morgan fingerprint density at radius 1 is 1.55 bits per heavy atom. The molecule has 0 spiro atoms. The standard InChI is InChI=1S/C15H25N3OS/c1-2-8-16-15(18-13-5-4-11-20-12-13)17-9-7-14-6-3-10-19-14/h3,6,10,13H,2,4-5,7-9,11-12H2,1H3,(H2,16,17,18). The van der Waals surface area contributed by atoms with Crippen LogP contribution < -0.4 is 10.6 Å². The average Bonchev–Trinajstić information content (AvgIpc) is 2.99. The van der Waals surface area contributed by atoms with E-state index in [0.29, 0.717) is 6.04 Å². The van der Waals surface area contributed by atoms with Gasteiger partial charge in [0.1, 0.15) is 5.76 Å². The van der Waals surface area contributed by atoms with Crippen molar-refractivity contribution < 1.29 is 4.42 Å². The fourth-order valence-corrected chi connectivity index (χ4v) is 3.25. The molecule has 0 bridgehead atoms. The van der Waals surface area contributed by atoms with Gasteiger partial charge >= 0.3 is 0 Å². The molecule has 0 aliphatic carbocycles. The minimum Gasteiger partial charge on any atom is -0.469 e. The molecule has 1 aromatic heterocycles. The summed E-state index contributed by atoms with van der Waals surface area (Å²) >= 11 is 2.03. The van der Waals surface area contributed by atoms with Crippen molar-refractivity contribution in [2.45, 2.75) is 38.6 Å². The van der Waals surface area contributed by atoms with Crippen molar-refractivity contribution in [1.82, 2.24) is 10.6 Å². The number of hydrogen-bond acceptors (Lipinski definition) is 3. The fraction of sp³-hybridized carbons (Fsp3) is 0.667. The monoisotopic (exact) mass is 295 g/mol. The van der Waals surface area contributed by atoms with Crippen molar-refractivity contribution in [3.05, 3.63) is 24.2 Å². The van der Waals surface area contributed by atoms with Crippen molar-refractivity contribution in [3.8, 4) is 0 Å². The Morgan fingerprint density at radius 2 is 2.50 bits per heavy atom. The van der Waals surface area contributed by atoms with Gasteiger partial charge in [-0.25, -0.2) is 0 Å². The van der Waals surface area contributed by atoms with E-state index in [9.17, 15) is 0 Å². The Hall–Kier alpha value is -1.10. The lowest BCUT2D eigenvalue weighted by Gasteiger charge is -2.24. The number of nitrogens with one attached hydrogen (secondary N) is 2. The van der Waals surface area contributed by atoms with Gasteiger partial charge in [0.15, 0.2) is 5.96 Å². The van der Waals surface area contributed by atoms with Crippen LogP contribution in [0.1, 0.15) is 31.9 Å². The molecular weight excluding hydrogens is 270 g/mol. The minimum atomic E-state index is 0.556. The van der Waals surface area contributed by atoms with E-state index < -0.39 is 0 Å².